The summed E-state index contributed by atoms with van der Waals surface area (Å²) in [6.07, 6.45) is 4.49. The Morgan fingerprint density at radius 3 is 2.33 bits per heavy atom. The van der Waals surface area contributed by atoms with Crippen LogP contribution in [0.2, 0.25) is 0 Å². The lowest BCUT2D eigenvalue weighted by molar-refractivity contribution is -0.154. The molecule has 1 heterocycles. The molecule has 8 heteroatoms. The highest BCUT2D eigenvalue weighted by Gasteiger charge is 2.58. The number of carbonyl (C=O) groups excluding carboxylic acids is 2. The summed E-state index contributed by atoms with van der Waals surface area (Å²) in [7, 11) is -3.77. The lowest BCUT2D eigenvalue weighted by atomic mass is 9.75. The zero-order valence-electron chi connectivity index (χ0n) is 20.7. The lowest BCUT2D eigenvalue weighted by Crippen LogP contribution is -2.38. The first kappa shape index (κ1) is 26.1. The maximum absolute atomic E-state index is 13.7. The lowest BCUT2D eigenvalue weighted by Gasteiger charge is -2.26. The Kier molecular flexibility index (Phi) is 7.62. The average molecular weight is 509 g/mol. The van der Waals surface area contributed by atoms with Gasteiger partial charge in [-0.05, 0) is 67.0 Å². The third-order valence-corrected chi connectivity index (χ3v) is 8.59. The fraction of sp³-hybridized carbons (Fsp3) is 0.464. The molecular formula is C28H32N2O5S. The van der Waals surface area contributed by atoms with E-state index < -0.39 is 27.5 Å². The maximum atomic E-state index is 13.7. The van der Waals surface area contributed by atoms with Gasteiger partial charge in [0.1, 0.15) is 5.92 Å². The number of nitrogens with zero attached hydrogens (tertiary/aromatic N) is 1. The third kappa shape index (κ3) is 5.23. The minimum Gasteiger partial charge on any atom is -0.450 e. The molecule has 36 heavy (non-hydrogen) atoms. The number of hydrogen-bond donors (Lipinski definition) is 1. The molecule has 0 radical (unpaired) electrons. The molecule has 190 valence electrons. The van der Waals surface area contributed by atoms with Gasteiger partial charge >= 0.3 is 5.97 Å². The molecule has 1 N–H and O–H groups in total. The first-order chi connectivity index (χ1) is 17.2. The molecule has 2 aromatic carbocycles. The van der Waals surface area contributed by atoms with Crippen LogP contribution in [0.15, 0.2) is 53.4 Å². The number of esters is 1. The molecule has 2 aliphatic rings. The maximum Gasteiger partial charge on any atom is 0.318 e. The molecule has 4 rings (SSSR count). The van der Waals surface area contributed by atoms with E-state index in [4.69, 9.17) is 10.00 Å². The molecule has 2 atom stereocenters. The van der Waals surface area contributed by atoms with Gasteiger partial charge in [-0.1, -0.05) is 51.0 Å². The van der Waals surface area contributed by atoms with Gasteiger partial charge in [-0.3, -0.25) is 9.59 Å². The van der Waals surface area contributed by atoms with Gasteiger partial charge < -0.3 is 4.74 Å². The molecule has 1 aliphatic heterocycles. The van der Waals surface area contributed by atoms with Gasteiger partial charge in [0.2, 0.25) is 10.0 Å². The van der Waals surface area contributed by atoms with E-state index in [0.29, 0.717) is 18.4 Å². The van der Waals surface area contributed by atoms with Crippen LogP contribution in [-0.4, -0.2) is 25.8 Å². The number of ether oxygens (including phenoxy) is 1. The first-order valence-corrected chi connectivity index (χ1v) is 14.1. The van der Waals surface area contributed by atoms with Crippen molar-refractivity contribution in [1.29, 1.82) is 5.26 Å². The predicted octanol–water partition coefficient (Wildman–Crippen LogP) is 4.61. The Labute approximate surface area is 212 Å². The predicted molar refractivity (Wildman–Crippen MR) is 134 cm³/mol. The van der Waals surface area contributed by atoms with Crippen LogP contribution >= 0.6 is 0 Å². The summed E-state index contributed by atoms with van der Waals surface area (Å²) < 4.78 is 33.9. The van der Waals surface area contributed by atoms with Crippen molar-refractivity contribution in [3.8, 4) is 6.07 Å². The highest BCUT2D eigenvalue weighted by atomic mass is 32.2. The topological polar surface area (TPSA) is 113 Å². The Morgan fingerprint density at radius 2 is 1.75 bits per heavy atom. The van der Waals surface area contributed by atoms with Gasteiger partial charge in [0.25, 0.3) is 0 Å². The van der Waals surface area contributed by atoms with E-state index in [9.17, 15) is 18.0 Å². The van der Waals surface area contributed by atoms with Crippen molar-refractivity contribution < 1.29 is 22.7 Å². The number of nitrogens with one attached hydrogen (secondary N) is 1. The zero-order valence-corrected chi connectivity index (χ0v) is 21.5. The number of rotatable bonds is 11. The zero-order chi connectivity index (χ0) is 25.9. The van der Waals surface area contributed by atoms with Gasteiger partial charge in [-0.2, -0.15) is 5.26 Å². The second kappa shape index (κ2) is 10.5. The van der Waals surface area contributed by atoms with E-state index in [1.165, 1.54) is 24.3 Å². The van der Waals surface area contributed by atoms with Crippen molar-refractivity contribution in [3.05, 3.63) is 65.2 Å². The normalized spacial score (nSPS) is 20.1. The van der Waals surface area contributed by atoms with Crippen LogP contribution in [0.1, 0.15) is 75.0 Å². The second-order valence-corrected chi connectivity index (χ2v) is 11.6. The van der Waals surface area contributed by atoms with Crippen LogP contribution in [0, 0.1) is 23.2 Å². The number of nitriles is 1. The summed E-state index contributed by atoms with van der Waals surface area (Å²) in [5.41, 5.74) is 0.969. The molecule has 0 aromatic heterocycles. The molecule has 0 amide bonds. The molecular weight excluding hydrogens is 476 g/mol. The highest BCUT2D eigenvalue weighted by molar-refractivity contribution is 7.89. The van der Waals surface area contributed by atoms with Crippen LogP contribution < -0.4 is 4.72 Å². The van der Waals surface area contributed by atoms with Crippen molar-refractivity contribution in [2.45, 2.75) is 75.3 Å². The number of benzene rings is 2. The Balaban J connectivity index is 1.56. The Morgan fingerprint density at radius 1 is 1.08 bits per heavy atom. The SMILES string of the molecule is CCCC1(CCC)OC(=O)C(C(c2cccc(CNS(=O)(=O)c3ccc(C#N)cc3)c2)C2CC2)C1=O. The summed E-state index contributed by atoms with van der Waals surface area (Å²) in [5.74, 6) is -1.38. The van der Waals surface area contributed by atoms with E-state index in [2.05, 4.69) is 4.72 Å². The first-order valence-electron chi connectivity index (χ1n) is 12.6. The Bertz CT molecular complexity index is 1270. The molecule has 0 spiro atoms. The van der Waals surface area contributed by atoms with E-state index >= 15 is 0 Å². The minimum atomic E-state index is -3.77. The second-order valence-electron chi connectivity index (χ2n) is 9.83. The molecule has 0 bridgehead atoms. The van der Waals surface area contributed by atoms with Crippen LogP contribution in [-0.2, 0) is 30.9 Å². The van der Waals surface area contributed by atoms with Gasteiger partial charge in [-0.15, -0.1) is 0 Å². The fourth-order valence-corrected chi connectivity index (χ4v) is 6.38. The fourth-order valence-electron chi connectivity index (χ4n) is 5.36. The number of ketones is 1. The van der Waals surface area contributed by atoms with Crippen LogP contribution in [0.5, 0.6) is 0 Å². The van der Waals surface area contributed by atoms with E-state index in [-0.39, 0.29) is 29.1 Å². The quantitative estimate of drug-likeness (QED) is 0.350. The summed E-state index contributed by atoms with van der Waals surface area (Å²) in [4.78, 5) is 26.8. The highest BCUT2D eigenvalue weighted by Crippen LogP contribution is 2.51. The van der Waals surface area contributed by atoms with Crippen molar-refractivity contribution in [2.24, 2.45) is 11.8 Å². The van der Waals surface area contributed by atoms with Crippen LogP contribution in [0.3, 0.4) is 0 Å². The summed E-state index contributed by atoms with van der Waals surface area (Å²) in [6.45, 7) is 4.05. The standard InChI is InChI=1S/C28H32N2O5S/c1-3-14-28(15-4-2)26(31)25(27(32)35-28)24(21-10-11-21)22-7-5-6-20(16-22)18-30-36(33,34)23-12-8-19(17-29)9-13-23/h5-9,12-13,16,21,24-25,30H,3-4,10-11,14-15,18H2,1-2H3. The molecule has 2 unspecified atom stereocenters. The van der Waals surface area contributed by atoms with E-state index in [1.54, 1.807) is 0 Å². The molecule has 2 fully saturated rings. The molecule has 2 aromatic rings. The molecule has 1 saturated heterocycles. The molecule has 7 nitrogen and oxygen atoms in total. The van der Waals surface area contributed by atoms with Crippen LogP contribution in [0.25, 0.3) is 0 Å². The largest absolute Gasteiger partial charge is 0.450 e. The van der Waals surface area contributed by atoms with Gasteiger partial charge in [0.15, 0.2) is 11.4 Å². The van der Waals surface area contributed by atoms with Crippen molar-refractivity contribution >= 4 is 21.8 Å². The van der Waals surface area contributed by atoms with Gasteiger partial charge in [-0.25, -0.2) is 13.1 Å². The third-order valence-electron chi connectivity index (χ3n) is 7.17. The average Bonchev–Trinajstić information content (AvgIpc) is 3.67. The number of hydrogen-bond acceptors (Lipinski definition) is 6. The van der Waals surface area contributed by atoms with Crippen molar-refractivity contribution in [3.63, 3.8) is 0 Å². The summed E-state index contributed by atoms with van der Waals surface area (Å²) in [6, 6.07) is 15.2. The molecule has 1 saturated carbocycles. The Hall–Kier alpha value is -3.02. The molecule has 1 aliphatic carbocycles. The number of carbonyl (C=O) groups is 2. The van der Waals surface area contributed by atoms with Crippen molar-refractivity contribution in [2.75, 3.05) is 0 Å². The van der Waals surface area contributed by atoms with E-state index in [1.807, 2.05) is 44.2 Å². The van der Waals surface area contributed by atoms with Crippen LogP contribution in [0.4, 0.5) is 0 Å². The van der Waals surface area contributed by atoms with E-state index in [0.717, 1.165) is 36.8 Å². The number of cyclic esters (lactones) is 1. The summed E-state index contributed by atoms with van der Waals surface area (Å²) in [5, 5.41) is 8.93. The minimum absolute atomic E-state index is 0.0617. The number of sulfonamides is 1. The smallest absolute Gasteiger partial charge is 0.318 e. The summed E-state index contributed by atoms with van der Waals surface area (Å²) >= 11 is 0. The van der Waals surface area contributed by atoms with Crippen molar-refractivity contribution in [1.82, 2.24) is 4.72 Å². The monoisotopic (exact) mass is 508 g/mol. The van der Waals surface area contributed by atoms with Gasteiger partial charge in [0, 0.05) is 12.5 Å². The number of Topliss-reactive ketones (excluding diaryl/α,β-unsaturated/α-hetero) is 1. The van der Waals surface area contributed by atoms with Gasteiger partial charge in [0.05, 0.1) is 16.5 Å².